The predicted octanol–water partition coefficient (Wildman–Crippen LogP) is 1.54. The molecule has 0 unspecified atom stereocenters. The van der Waals surface area contributed by atoms with Gasteiger partial charge in [-0.25, -0.2) is 18.2 Å². The van der Waals surface area contributed by atoms with Crippen LogP contribution >= 0.6 is 0 Å². The van der Waals surface area contributed by atoms with Gasteiger partial charge in [-0.1, -0.05) is 10.5 Å². The zero-order valence-corrected chi connectivity index (χ0v) is 16.8. The van der Waals surface area contributed by atoms with E-state index in [1.54, 1.807) is 12.3 Å². The van der Waals surface area contributed by atoms with E-state index in [2.05, 4.69) is 4.98 Å². The number of ether oxygens (including phenoxy) is 1. The first-order valence-electron chi connectivity index (χ1n) is 8.52. The molecular formula is C19H19N3O6S. The van der Waals surface area contributed by atoms with Crippen molar-refractivity contribution in [2.45, 2.75) is 18.4 Å². The summed E-state index contributed by atoms with van der Waals surface area (Å²) in [4.78, 5) is 33.5. The largest absolute Gasteiger partial charge is 0.456 e. The van der Waals surface area contributed by atoms with Crippen LogP contribution in [0.2, 0.25) is 0 Å². The summed E-state index contributed by atoms with van der Waals surface area (Å²) in [5, 5.41) is 0. The number of carbonyl (C=O) groups excluding carboxylic acids is 1. The molecule has 9 nitrogen and oxygen atoms in total. The number of fused-ring (bicyclic) bond motifs is 1. The Bertz CT molecular complexity index is 1220. The van der Waals surface area contributed by atoms with Crippen LogP contribution in [0.15, 0.2) is 58.4 Å². The first kappa shape index (κ1) is 20.6. The molecule has 0 N–H and O–H groups in total. The number of sulfonamides is 1. The van der Waals surface area contributed by atoms with Crippen molar-refractivity contribution in [1.82, 2.24) is 13.9 Å². The number of hydroxylamine groups is 1. The lowest BCUT2D eigenvalue weighted by atomic mass is 10.2. The van der Waals surface area contributed by atoms with Gasteiger partial charge in [-0.15, -0.1) is 0 Å². The molecule has 0 spiro atoms. The highest BCUT2D eigenvalue weighted by molar-refractivity contribution is 7.89. The Labute approximate surface area is 167 Å². The maximum Gasteiger partial charge on any atom is 0.338 e. The Kier molecular flexibility index (Phi) is 5.78. The molecule has 0 aliphatic heterocycles. The molecular weight excluding hydrogens is 398 g/mol. The van der Waals surface area contributed by atoms with Crippen LogP contribution in [0.1, 0.15) is 21.6 Å². The molecule has 0 fully saturated rings. The third kappa shape index (κ3) is 4.19. The molecule has 29 heavy (non-hydrogen) atoms. The van der Waals surface area contributed by atoms with Crippen molar-refractivity contribution in [2.75, 3.05) is 14.2 Å². The average molecular weight is 417 g/mol. The van der Waals surface area contributed by atoms with E-state index < -0.39 is 16.0 Å². The average Bonchev–Trinajstić information content (AvgIpc) is 2.72. The first-order valence-corrected chi connectivity index (χ1v) is 9.96. The van der Waals surface area contributed by atoms with Gasteiger partial charge in [-0.3, -0.25) is 14.0 Å². The van der Waals surface area contributed by atoms with E-state index in [1.807, 2.05) is 13.0 Å². The van der Waals surface area contributed by atoms with Gasteiger partial charge in [0.05, 0.1) is 23.3 Å². The van der Waals surface area contributed by atoms with Crippen molar-refractivity contribution in [1.29, 1.82) is 0 Å². The maximum absolute atomic E-state index is 12.3. The number of aryl methyl sites for hydroxylation is 1. The van der Waals surface area contributed by atoms with Crippen LogP contribution in [0, 0.1) is 6.92 Å². The number of benzene rings is 1. The SMILES string of the molecule is CON(C)S(=O)(=O)c1ccc(C(=O)OCc2cc(=O)n3cccc(C)c3n2)cc1. The summed E-state index contributed by atoms with van der Waals surface area (Å²) in [7, 11) is -1.31. The van der Waals surface area contributed by atoms with Gasteiger partial charge in [0.15, 0.2) is 0 Å². The lowest BCUT2D eigenvalue weighted by Crippen LogP contribution is -2.25. The normalized spacial score (nSPS) is 11.7. The monoisotopic (exact) mass is 417 g/mol. The Morgan fingerprint density at radius 3 is 2.55 bits per heavy atom. The lowest BCUT2D eigenvalue weighted by Gasteiger charge is -2.14. The van der Waals surface area contributed by atoms with Gasteiger partial charge in [-0.05, 0) is 42.8 Å². The molecule has 0 aliphatic carbocycles. The van der Waals surface area contributed by atoms with E-state index in [0.717, 1.165) is 5.56 Å². The minimum atomic E-state index is -3.80. The molecule has 2 heterocycles. The number of pyridine rings is 1. The fourth-order valence-corrected chi connectivity index (χ4v) is 3.59. The zero-order chi connectivity index (χ0) is 21.2. The third-order valence-corrected chi connectivity index (χ3v) is 5.97. The van der Waals surface area contributed by atoms with Crippen LogP contribution in [0.5, 0.6) is 0 Å². The van der Waals surface area contributed by atoms with E-state index in [0.29, 0.717) is 15.8 Å². The van der Waals surface area contributed by atoms with Gasteiger partial charge >= 0.3 is 5.97 Å². The Morgan fingerprint density at radius 2 is 1.90 bits per heavy atom. The van der Waals surface area contributed by atoms with Crippen molar-refractivity contribution in [2.24, 2.45) is 0 Å². The molecule has 0 aliphatic rings. The number of hydrogen-bond donors (Lipinski definition) is 0. The molecule has 3 rings (SSSR count). The highest BCUT2D eigenvalue weighted by Gasteiger charge is 2.21. The minimum Gasteiger partial charge on any atom is -0.456 e. The number of hydrogen-bond acceptors (Lipinski definition) is 7. The summed E-state index contributed by atoms with van der Waals surface area (Å²) in [5.74, 6) is -0.666. The molecule has 0 saturated heterocycles. The van der Waals surface area contributed by atoms with Gasteiger partial charge in [-0.2, -0.15) is 0 Å². The smallest absolute Gasteiger partial charge is 0.338 e. The van der Waals surface area contributed by atoms with Gasteiger partial charge in [0.1, 0.15) is 12.3 Å². The molecule has 1 aromatic carbocycles. The van der Waals surface area contributed by atoms with E-state index in [-0.39, 0.29) is 22.6 Å². The Balaban J connectivity index is 1.75. The topological polar surface area (TPSA) is 107 Å². The highest BCUT2D eigenvalue weighted by atomic mass is 32.2. The zero-order valence-electron chi connectivity index (χ0n) is 16.0. The fourth-order valence-electron chi connectivity index (χ4n) is 2.62. The van der Waals surface area contributed by atoms with Crippen LogP contribution < -0.4 is 5.56 Å². The van der Waals surface area contributed by atoms with Crippen LogP contribution in [0.4, 0.5) is 0 Å². The Hall–Kier alpha value is -3.08. The summed E-state index contributed by atoms with van der Waals surface area (Å²) in [6.45, 7) is 1.64. The van der Waals surface area contributed by atoms with Gasteiger partial charge in [0.25, 0.3) is 15.6 Å². The number of rotatable bonds is 6. The molecule has 10 heteroatoms. The van der Waals surface area contributed by atoms with Crippen LogP contribution in [0.3, 0.4) is 0 Å². The van der Waals surface area contributed by atoms with Crippen molar-refractivity contribution < 1.29 is 22.8 Å². The number of aromatic nitrogens is 2. The van der Waals surface area contributed by atoms with E-state index in [9.17, 15) is 18.0 Å². The predicted molar refractivity (Wildman–Crippen MR) is 104 cm³/mol. The molecule has 152 valence electrons. The second-order valence-electron chi connectivity index (χ2n) is 6.17. The summed E-state index contributed by atoms with van der Waals surface area (Å²) in [6, 6.07) is 10.1. The number of carbonyl (C=O) groups is 1. The second kappa shape index (κ2) is 8.11. The summed E-state index contributed by atoms with van der Waals surface area (Å²) in [5.41, 5.74) is 1.51. The minimum absolute atomic E-state index is 0.0295. The second-order valence-corrected chi connectivity index (χ2v) is 8.10. The van der Waals surface area contributed by atoms with Crippen molar-refractivity contribution in [3.63, 3.8) is 0 Å². The molecule has 0 amide bonds. The number of nitrogens with zero attached hydrogens (tertiary/aromatic N) is 3. The van der Waals surface area contributed by atoms with Gasteiger partial charge in [0, 0.05) is 19.3 Å². The molecule has 0 bridgehead atoms. The standard InChI is InChI=1S/C19H19N3O6S/c1-13-5-4-10-22-17(23)11-15(20-18(13)22)12-28-19(24)14-6-8-16(9-7-14)29(25,26)21(2)27-3/h4-11H,12H2,1-3H3. The lowest BCUT2D eigenvalue weighted by molar-refractivity contribution is -0.0258. The van der Waals surface area contributed by atoms with Gasteiger partial charge < -0.3 is 4.74 Å². The summed E-state index contributed by atoms with van der Waals surface area (Å²) >= 11 is 0. The van der Waals surface area contributed by atoms with E-state index >= 15 is 0 Å². The van der Waals surface area contributed by atoms with Gasteiger partial charge in [0.2, 0.25) is 0 Å². The van der Waals surface area contributed by atoms with E-state index in [4.69, 9.17) is 9.57 Å². The third-order valence-electron chi connectivity index (χ3n) is 4.27. The highest BCUT2D eigenvalue weighted by Crippen LogP contribution is 2.16. The van der Waals surface area contributed by atoms with Crippen molar-refractivity contribution in [3.8, 4) is 0 Å². The van der Waals surface area contributed by atoms with E-state index in [1.165, 1.54) is 48.9 Å². The van der Waals surface area contributed by atoms with Crippen LogP contribution in [-0.4, -0.2) is 42.4 Å². The maximum atomic E-state index is 12.3. The van der Waals surface area contributed by atoms with Crippen LogP contribution in [-0.2, 0) is 26.2 Å². The molecule has 0 radical (unpaired) electrons. The van der Waals surface area contributed by atoms with Crippen molar-refractivity contribution >= 4 is 21.6 Å². The number of esters is 1. The molecule has 0 atom stereocenters. The molecule has 0 saturated carbocycles. The molecule has 3 aromatic rings. The molecule has 2 aromatic heterocycles. The summed E-state index contributed by atoms with van der Waals surface area (Å²) in [6.07, 6.45) is 1.62. The Morgan fingerprint density at radius 1 is 1.21 bits per heavy atom. The first-order chi connectivity index (χ1) is 13.7. The van der Waals surface area contributed by atoms with Crippen LogP contribution in [0.25, 0.3) is 5.65 Å². The fraction of sp³-hybridized carbons (Fsp3) is 0.211. The quantitative estimate of drug-likeness (QED) is 0.442. The summed E-state index contributed by atoms with van der Waals surface area (Å²) < 4.78 is 31.7. The van der Waals surface area contributed by atoms with Crippen molar-refractivity contribution in [3.05, 3.63) is 75.8 Å².